The van der Waals surface area contributed by atoms with Gasteiger partial charge < -0.3 is 20.3 Å². The number of carbonyl (C=O) groups excluding carboxylic acids is 1. The summed E-state index contributed by atoms with van der Waals surface area (Å²) in [7, 11) is 1.77. The minimum absolute atomic E-state index is 0.214. The molecule has 1 amide bonds. The SMILES string of the molecule is CN=C(NCc1ccc(Cl)cc1)NCC1CCN(C(=O)OC(C)(C)C)CC1. The van der Waals surface area contributed by atoms with Gasteiger partial charge in [0.2, 0.25) is 0 Å². The highest BCUT2D eigenvalue weighted by Crippen LogP contribution is 2.19. The molecule has 1 saturated heterocycles. The number of carbonyl (C=O) groups is 1. The number of rotatable bonds is 4. The van der Waals surface area contributed by atoms with Crippen molar-refractivity contribution in [3.05, 3.63) is 34.9 Å². The molecule has 0 atom stereocenters. The van der Waals surface area contributed by atoms with Crippen LogP contribution in [0.4, 0.5) is 4.79 Å². The van der Waals surface area contributed by atoms with E-state index in [1.807, 2.05) is 45.0 Å². The molecule has 2 rings (SSSR count). The topological polar surface area (TPSA) is 66.0 Å². The van der Waals surface area contributed by atoms with Crippen LogP contribution >= 0.6 is 11.6 Å². The van der Waals surface area contributed by atoms with Crippen molar-refractivity contribution in [1.82, 2.24) is 15.5 Å². The Bertz CT molecular complexity index is 632. The van der Waals surface area contributed by atoms with Crippen LogP contribution in [0.25, 0.3) is 0 Å². The van der Waals surface area contributed by atoms with E-state index in [4.69, 9.17) is 16.3 Å². The summed E-state index contributed by atoms with van der Waals surface area (Å²) in [4.78, 5) is 18.2. The lowest BCUT2D eigenvalue weighted by Gasteiger charge is -2.33. The second-order valence-corrected chi connectivity index (χ2v) is 8.28. The Morgan fingerprint density at radius 3 is 2.41 bits per heavy atom. The van der Waals surface area contributed by atoms with E-state index in [1.54, 1.807) is 11.9 Å². The Morgan fingerprint density at radius 1 is 1.22 bits per heavy atom. The molecule has 1 aliphatic heterocycles. The summed E-state index contributed by atoms with van der Waals surface area (Å²) < 4.78 is 5.44. The minimum Gasteiger partial charge on any atom is -0.444 e. The van der Waals surface area contributed by atoms with Crippen molar-refractivity contribution in [1.29, 1.82) is 0 Å². The number of benzene rings is 1. The van der Waals surface area contributed by atoms with Crippen LogP contribution in [0.1, 0.15) is 39.2 Å². The van der Waals surface area contributed by atoms with Crippen LogP contribution in [0.3, 0.4) is 0 Å². The molecule has 0 radical (unpaired) electrons. The van der Waals surface area contributed by atoms with Gasteiger partial charge in [-0.25, -0.2) is 4.79 Å². The number of likely N-dealkylation sites (tertiary alicyclic amines) is 1. The lowest BCUT2D eigenvalue weighted by atomic mass is 9.97. The average Bonchev–Trinajstić information content (AvgIpc) is 2.62. The molecule has 1 aromatic rings. The Hall–Kier alpha value is -1.95. The van der Waals surface area contributed by atoms with Gasteiger partial charge >= 0.3 is 6.09 Å². The molecule has 1 heterocycles. The Morgan fingerprint density at radius 2 is 1.85 bits per heavy atom. The van der Waals surface area contributed by atoms with E-state index >= 15 is 0 Å². The molecule has 0 saturated carbocycles. The maximum atomic E-state index is 12.1. The fourth-order valence-corrected chi connectivity index (χ4v) is 3.02. The fourth-order valence-electron chi connectivity index (χ4n) is 2.90. The van der Waals surface area contributed by atoms with Crippen molar-refractivity contribution in [2.75, 3.05) is 26.7 Å². The zero-order valence-corrected chi connectivity index (χ0v) is 17.5. The van der Waals surface area contributed by atoms with Gasteiger partial charge in [-0.3, -0.25) is 4.99 Å². The number of amides is 1. The number of piperidine rings is 1. The summed E-state index contributed by atoms with van der Waals surface area (Å²) in [5.41, 5.74) is 0.700. The lowest BCUT2D eigenvalue weighted by molar-refractivity contribution is 0.0185. The lowest BCUT2D eigenvalue weighted by Crippen LogP contribution is -2.45. The first kappa shape index (κ1) is 21.4. The number of nitrogens with zero attached hydrogens (tertiary/aromatic N) is 2. The first-order valence-electron chi connectivity index (χ1n) is 9.44. The van der Waals surface area contributed by atoms with E-state index in [0.29, 0.717) is 12.5 Å². The number of ether oxygens (including phenoxy) is 1. The molecule has 1 aromatic carbocycles. The van der Waals surface area contributed by atoms with E-state index in [1.165, 1.54) is 0 Å². The normalized spacial score (nSPS) is 16.2. The predicted octanol–water partition coefficient (Wildman–Crippen LogP) is 3.65. The van der Waals surface area contributed by atoms with Gasteiger partial charge in [0.15, 0.2) is 5.96 Å². The van der Waals surface area contributed by atoms with E-state index in [0.717, 1.165) is 49.0 Å². The zero-order chi connectivity index (χ0) is 19.9. The molecule has 1 aliphatic rings. The highest BCUT2D eigenvalue weighted by atomic mass is 35.5. The van der Waals surface area contributed by atoms with Gasteiger partial charge in [-0.2, -0.15) is 0 Å². The van der Waals surface area contributed by atoms with Crippen LogP contribution in [-0.2, 0) is 11.3 Å². The molecule has 6 nitrogen and oxygen atoms in total. The summed E-state index contributed by atoms with van der Waals surface area (Å²) in [5, 5.41) is 7.43. The van der Waals surface area contributed by atoms with Crippen LogP contribution in [0.2, 0.25) is 5.02 Å². The molecule has 27 heavy (non-hydrogen) atoms. The van der Waals surface area contributed by atoms with Crippen LogP contribution in [0, 0.1) is 5.92 Å². The highest BCUT2D eigenvalue weighted by molar-refractivity contribution is 6.30. The minimum atomic E-state index is -0.447. The van der Waals surface area contributed by atoms with Gasteiger partial charge in [-0.05, 0) is 57.2 Å². The number of halogens is 1. The molecule has 0 aromatic heterocycles. The van der Waals surface area contributed by atoms with Crippen molar-refractivity contribution in [2.24, 2.45) is 10.9 Å². The molecule has 1 fully saturated rings. The second kappa shape index (κ2) is 9.83. The number of guanidine groups is 1. The highest BCUT2D eigenvalue weighted by Gasteiger charge is 2.26. The van der Waals surface area contributed by atoms with Crippen molar-refractivity contribution < 1.29 is 9.53 Å². The maximum Gasteiger partial charge on any atom is 0.410 e. The number of hydrogen-bond donors (Lipinski definition) is 2. The number of nitrogens with one attached hydrogen (secondary N) is 2. The van der Waals surface area contributed by atoms with Gasteiger partial charge in [-0.15, -0.1) is 0 Å². The molecular weight excluding hydrogens is 364 g/mol. The molecule has 0 unspecified atom stereocenters. The summed E-state index contributed by atoms with van der Waals surface area (Å²) in [6.45, 7) is 8.67. The first-order chi connectivity index (χ1) is 12.8. The molecule has 0 spiro atoms. The zero-order valence-electron chi connectivity index (χ0n) is 16.7. The maximum absolute atomic E-state index is 12.1. The summed E-state index contributed by atoms with van der Waals surface area (Å²) in [6, 6.07) is 7.75. The van der Waals surface area contributed by atoms with Crippen LogP contribution in [-0.4, -0.2) is 49.2 Å². The molecule has 150 valence electrons. The monoisotopic (exact) mass is 394 g/mol. The van der Waals surface area contributed by atoms with Crippen molar-refractivity contribution in [3.8, 4) is 0 Å². The second-order valence-electron chi connectivity index (χ2n) is 7.84. The smallest absolute Gasteiger partial charge is 0.410 e. The Kier molecular flexibility index (Phi) is 7.78. The average molecular weight is 395 g/mol. The third kappa shape index (κ3) is 7.67. The van der Waals surface area contributed by atoms with E-state index < -0.39 is 5.60 Å². The van der Waals surface area contributed by atoms with Gasteiger partial charge in [0, 0.05) is 38.2 Å². The Labute approximate surface area is 167 Å². The molecule has 2 N–H and O–H groups in total. The van der Waals surface area contributed by atoms with Crippen LogP contribution < -0.4 is 10.6 Å². The van der Waals surface area contributed by atoms with Crippen molar-refractivity contribution >= 4 is 23.7 Å². The van der Waals surface area contributed by atoms with Crippen molar-refractivity contribution in [2.45, 2.75) is 45.8 Å². The summed E-state index contributed by atoms with van der Waals surface area (Å²) >= 11 is 5.91. The molecular formula is C20H31ClN4O2. The van der Waals surface area contributed by atoms with E-state index in [9.17, 15) is 4.79 Å². The van der Waals surface area contributed by atoms with Gasteiger partial charge in [0.05, 0.1) is 0 Å². The standard InChI is InChI=1S/C20H31ClN4O2/c1-20(2,3)27-19(26)25-11-9-16(10-12-25)14-24-18(22-4)23-13-15-5-7-17(21)8-6-15/h5-8,16H,9-14H2,1-4H3,(H2,22,23,24). The summed E-state index contributed by atoms with van der Waals surface area (Å²) in [5.74, 6) is 1.29. The first-order valence-corrected chi connectivity index (χ1v) is 9.81. The van der Waals surface area contributed by atoms with Gasteiger partial charge in [0.25, 0.3) is 0 Å². The van der Waals surface area contributed by atoms with Gasteiger partial charge in [-0.1, -0.05) is 23.7 Å². The van der Waals surface area contributed by atoms with E-state index in [-0.39, 0.29) is 6.09 Å². The molecule has 7 heteroatoms. The molecule has 0 aliphatic carbocycles. The van der Waals surface area contributed by atoms with Gasteiger partial charge in [0.1, 0.15) is 5.60 Å². The van der Waals surface area contributed by atoms with Crippen molar-refractivity contribution in [3.63, 3.8) is 0 Å². The van der Waals surface area contributed by atoms with Crippen LogP contribution in [0.5, 0.6) is 0 Å². The Balaban J connectivity index is 1.70. The predicted molar refractivity (Wildman–Crippen MR) is 110 cm³/mol. The summed E-state index contributed by atoms with van der Waals surface area (Å²) in [6.07, 6.45) is 1.70. The number of hydrogen-bond acceptors (Lipinski definition) is 3. The third-order valence-electron chi connectivity index (χ3n) is 4.42. The van der Waals surface area contributed by atoms with E-state index in [2.05, 4.69) is 15.6 Å². The molecule has 0 bridgehead atoms. The number of aliphatic imine (C=N–C) groups is 1. The quantitative estimate of drug-likeness (QED) is 0.604. The van der Waals surface area contributed by atoms with Crippen LogP contribution in [0.15, 0.2) is 29.3 Å². The fraction of sp³-hybridized carbons (Fsp3) is 0.600. The third-order valence-corrected chi connectivity index (χ3v) is 4.67. The largest absolute Gasteiger partial charge is 0.444 e.